The summed E-state index contributed by atoms with van der Waals surface area (Å²) in [6, 6.07) is 1.78. The molecule has 0 saturated carbocycles. The van der Waals surface area contributed by atoms with Gasteiger partial charge < -0.3 is 14.2 Å². The number of halogens is 1. The van der Waals surface area contributed by atoms with Gasteiger partial charge in [-0.05, 0) is 47.1 Å². The van der Waals surface area contributed by atoms with E-state index >= 15 is 0 Å². The average Bonchev–Trinajstić information content (AvgIpc) is 3.12. The number of rotatable bonds is 7. The first-order chi connectivity index (χ1) is 10.1. The van der Waals surface area contributed by atoms with Crippen molar-refractivity contribution < 1.29 is 23.8 Å². The molecule has 7 heteroatoms. The smallest absolute Gasteiger partial charge is 0.335 e. The van der Waals surface area contributed by atoms with Crippen molar-refractivity contribution in [2.24, 2.45) is 0 Å². The van der Waals surface area contributed by atoms with E-state index in [2.05, 4.69) is 15.9 Å². The standard InChI is InChI=1S/C14H17BrO5S/c1-9(19-7-10-3-2-5-18-10)14(17)20-8-12(16)13-11(15)4-6-21-13/h4,6,9-10H,2-3,5,7-8H2,1H3. The Kier molecular flexibility index (Phi) is 6.35. The minimum atomic E-state index is -0.700. The molecule has 0 aromatic carbocycles. The van der Waals surface area contributed by atoms with Gasteiger partial charge in [-0.25, -0.2) is 4.79 Å². The molecule has 0 amide bonds. The van der Waals surface area contributed by atoms with Crippen LogP contribution in [0, 0.1) is 0 Å². The summed E-state index contributed by atoms with van der Waals surface area (Å²) in [6.07, 6.45) is 1.33. The highest BCUT2D eigenvalue weighted by Crippen LogP contribution is 2.23. The number of Topliss-reactive ketones (excluding diaryl/α,β-unsaturated/α-hetero) is 1. The van der Waals surface area contributed by atoms with Gasteiger partial charge in [0.05, 0.1) is 17.6 Å². The van der Waals surface area contributed by atoms with Crippen LogP contribution in [-0.2, 0) is 19.0 Å². The first-order valence-corrected chi connectivity index (χ1v) is 8.41. The molecule has 1 aromatic heterocycles. The Hall–Kier alpha value is -0.760. The quantitative estimate of drug-likeness (QED) is 0.540. The fourth-order valence-electron chi connectivity index (χ4n) is 1.91. The molecule has 2 atom stereocenters. The second kappa shape index (κ2) is 8.03. The van der Waals surface area contributed by atoms with E-state index in [4.69, 9.17) is 14.2 Å². The lowest BCUT2D eigenvalue weighted by atomic mass is 10.2. The SMILES string of the molecule is CC(OCC1CCCO1)C(=O)OCC(=O)c1sccc1Br. The Labute approximate surface area is 135 Å². The minimum Gasteiger partial charge on any atom is -0.455 e. The van der Waals surface area contributed by atoms with Gasteiger partial charge in [-0.1, -0.05) is 0 Å². The maximum atomic E-state index is 11.9. The molecule has 0 radical (unpaired) electrons. The van der Waals surface area contributed by atoms with Crippen molar-refractivity contribution in [2.45, 2.75) is 32.0 Å². The summed E-state index contributed by atoms with van der Waals surface area (Å²) in [5.74, 6) is -0.759. The third-order valence-electron chi connectivity index (χ3n) is 3.10. The number of ketones is 1. The minimum absolute atomic E-state index is 0.0592. The van der Waals surface area contributed by atoms with Crippen molar-refractivity contribution in [2.75, 3.05) is 19.8 Å². The van der Waals surface area contributed by atoms with Crippen molar-refractivity contribution in [3.63, 3.8) is 0 Å². The molecular weight excluding hydrogens is 360 g/mol. The predicted molar refractivity (Wildman–Crippen MR) is 81.7 cm³/mol. The maximum absolute atomic E-state index is 11.9. The molecule has 1 aliphatic rings. The van der Waals surface area contributed by atoms with E-state index in [1.807, 2.05) is 0 Å². The lowest BCUT2D eigenvalue weighted by Crippen LogP contribution is -2.28. The van der Waals surface area contributed by atoms with Crippen LogP contribution in [0.4, 0.5) is 0 Å². The number of thiophene rings is 1. The second-order valence-corrected chi connectivity index (χ2v) is 6.51. The number of ether oxygens (including phenoxy) is 3. The first-order valence-electron chi connectivity index (χ1n) is 6.74. The Bertz CT molecular complexity index is 495. The summed E-state index contributed by atoms with van der Waals surface area (Å²) >= 11 is 4.59. The maximum Gasteiger partial charge on any atom is 0.335 e. The molecule has 1 aromatic rings. The largest absolute Gasteiger partial charge is 0.455 e. The van der Waals surface area contributed by atoms with Gasteiger partial charge in [-0.15, -0.1) is 11.3 Å². The van der Waals surface area contributed by atoms with Gasteiger partial charge in [0.15, 0.2) is 12.7 Å². The van der Waals surface area contributed by atoms with Gasteiger partial charge in [0.1, 0.15) is 0 Å². The third kappa shape index (κ3) is 4.88. The summed E-state index contributed by atoms with van der Waals surface area (Å²) in [5, 5.41) is 1.80. The van der Waals surface area contributed by atoms with Crippen LogP contribution < -0.4 is 0 Å². The molecule has 1 saturated heterocycles. The fourth-order valence-corrected chi connectivity index (χ4v) is 3.43. The van der Waals surface area contributed by atoms with E-state index in [1.165, 1.54) is 11.3 Å². The molecule has 0 spiro atoms. The highest BCUT2D eigenvalue weighted by molar-refractivity contribution is 9.10. The fraction of sp³-hybridized carbons (Fsp3) is 0.571. The molecule has 1 aliphatic heterocycles. The first kappa shape index (κ1) is 16.6. The van der Waals surface area contributed by atoms with Crippen molar-refractivity contribution in [1.82, 2.24) is 0 Å². The number of hydrogen-bond acceptors (Lipinski definition) is 6. The summed E-state index contributed by atoms with van der Waals surface area (Å²) in [4.78, 5) is 24.2. The normalized spacial score (nSPS) is 19.4. The molecule has 5 nitrogen and oxygen atoms in total. The predicted octanol–water partition coefficient (Wildman–Crippen LogP) is 2.82. The second-order valence-electron chi connectivity index (χ2n) is 4.74. The Morgan fingerprint density at radius 1 is 1.57 bits per heavy atom. The summed E-state index contributed by atoms with van der Waals surface area (Å²) in [6.45, 7) is 2.46. The van der Waals surface area contributed by atoms with Gasteiger partial charge in [0, 0.05) is 11.1 Å². The number of carbonyl (C=O) groups excluding carboxylic acids is 2. The van der Waals surface area contributed by atoms with E-state index in [9.17, 15) is 9.59 Å². The van der Waals surface area contributed by atoms with Gasteiger partial charge in [0.25, 0.3) is 0 Å². The topological polar surface area (TPSA) is 61.8 Å². The molecule has 1 fully saturated rings. The van der Waals surface area contributed by atoms with E-state index < -0.39 is 12.1 Å². The molecule has 116 valence electrons. The lowest BCUT2D eigenvalue weighted by Gasteiger charge is -2.15. The molecule has 0 N–H and O–H groups in total. The van der Waals surface area contributed by atoms with Gasteiger partial charge in [-0.3, -0.25) is 4.79 Å². The highest BCUT2D eigenvalue weighted by Gasteiger charge is 2.22. The number of hydrogen-bond donors (Lipinski definition) is 0. The van der Waals surface area contributed by atoms with Gasteiger partial charge >= 0.3 is 5.97 Å². The molecular formula is C14H17BrO5S. The van der Waals surface area contributed by atoms with E-state index in [-0.39, 0.29) is 18.5 Å². The van der Waals surface area contributed by atoms with Crippen LogP contribution in [-0.4, -0.2) is 43.8 Å². The lowest BCUT2D eigenvalue weighted by molar-refractivity contribution is -0.156. The zero-order chi connectivity index (χ0) is 15.2. The Morgan fingerprint density at radius 2 is 2.38 bits per heavy atom. The summed E-state index contributed by atoms with van der Waals surface area (Å²) in [5.41, 5.74) is 0. The highest BCUT2D eigenvalue weighted by atomic mass is 79.9. The zero-order valence-electron chi connectivity index (χ0n) is 11.7. The molecule has 2 unspecified atom stereocenters. The van der Waals surface area contributed by atoms with E-state index in [0.29, 0.717) is 11.5 Å². The number of carbonyl (C=O) groups is 2. The molecule has 0 bridgehead atoms. The molecule has 2 heterocycles. The average molecular weight is 377 g/mol. The van der Waals surface area contributed by atoms with Crippen LogP contribution in [0.15, 0.2) is 15.9 Å². The van der Waals surface area contributed by atoms with Crippen LogP contribution in [0.1, 0.15) is 29.4 Å². The van der Waals surface area contributed by atoms with Crippen molar-refractivity contribution >= 4 is 39.0 Å². The van der Waals surface area contributed by atoms with Crippen LogP contribution >= 0.6 is 27.3 Å². The Morgan fingerprint density at radius 3 is 3.00 bits per heavy atom. The van der Waals surface area contributed by atoms with E-state index in [0.717, 1.165) is 23.9 Å². The monoisotopic (exact) mass is 376 g/mol. The van der Waals surface area contributed by atoms with Crippen LogP contribution in [0.25, 0.3) is 0 Å². The summed E-state index contributed by atoms with van der Waals surface area (Å²) in [7, 11) is 0. The molecule has 21 heavy (non-hydrogen) atoms. The van der Waals surface area contributed by atoms with Gasteiger partial charge in [0.2, 0.25) is 5.78 Å². The Balaban J connectivity index is 1.70. The van der Waals surface area contributed by atoms with Crippen molar-refractivity contribution in [3.8, 4) is 0 Å². The third-order valence-corrected chi connectivity index (χ3v) is 4.98. The van der Waals surface area contributed by atoms with Crippen molar-refractivity contribution in [3.05, 3.63) is 20.8 Å². The van der Waals surface area contributed by atoms with Crippen molar-refractivity contribution in [1.29, 1.82) is 0 Å². The molecule has 2 rings (SSSR count). The van der Waals surface area contributed by atoms with Crippen LogP contribution in [0.2, 0.25) is 0 Å². The zero-order valence-corrected chi connectivity index (χ0v) is 14.1. The number of esters is 1. The van der Waals surface area contributed by atoms with Gasteiger partial charge in [-0.2, -0.15) is 0 Å². The summed E-state index contributed by atoms with van der Waals surface area (Å²) < 4.78 is 16.5. The van der Waals surface area contributed by atoms with Crippen LogP contribution in [0.3, 0.4) is 0 Å². The molecule has 0 aliphatic carbocycles. The van der Waals surface area contributed by atoms with Crippen LogP contribution in [0.5, 0.6) is 0 Å². The van der Waals surface area contributed by atoms with E-state index in [1.54, 1.807) is 18.4 Å².